The summed E-state index contributed by atoms with van der Waals surface area (Å²) >= 11 is 0. The number of hydrogen-bond acceptors (Lipinski definition) is 6. The van der Waals surface area contributed by atoms with Crippen LogP contribution in [0.1, 0.15) is 70.9 Å². The van der Waals surface area contributed by atoms with Gasteiger partial charge in [0.2, 0.25) is 11.8 Å². The summed E-state index contributed by atoms with van der Waals surface area (Å²) in [7, 11) is 4.11. The fourth-order valence-corrected chi connectivity index (χ4v) is 4.46. The minimum Gasteiger partial charge on any atom is -0.477 e. The van der Waals surface area contributed by atoms with Crippen LogP contribution in [-0.4, -0.2) is 55.1 Å². The molecule has 2 atom stereocenters. The predicted molar refractivity (Wildman–Crippen MR) is 153 cm³/mol. The largest absolute Gasteiger partial charge is 0.477 e. The van der Waals surface area contributed by atoms with Gasteiger partial charge < -0.3 is 25.6 Å². The number of rotatable bonds is 16. The number of aromatic nitrogens is 1. The number of hydrogen-bond donors (Lipinski definition) is 3. The van der Waals surface area contributed by atoms with Crippen molar-refractivity contribution in [2.24, 2.45) is 5.92 Å². The van der Waals surface area contributed by atoms with Gasteiger partial charge in [0.05, 0.1) is 18.7 Å². The van der Waals surface area contributed by atoms with E-state index in [2.05, 4.69) is 78.2 Å². The summed E-state index contributed by atoms with van der Waals surface area (Å²) in [5.41, 5.74) is 4.31. The van der Waals surface area contributed by atoms with Crippen molar-refractivity contribution >= 4 is 0 Å². The van der Waals surface area contributed by atoms with Crippen molar-refractivity contribution in [1.29, 1.82) is 0 Å². The van der Waals surface area contributed by atoms with Crippen molar-refractivity contribution in [3.8, 4) is 5.88 Å². The first kappa shape index (κ1) is 31.6. The lowest BCUT2D eigenvalue weighted by Gasteiger charge is -2.38. The summed E-state index contributed by atoms with van der Waals surface area (Å²) < 4.78 is 31.6. The van der Waals surface area contributed by atoms with Gasteiger partial charge in [-0.3, -0.25) is 0 Å². The zero-order valence-corrected chi connectivity index (χ0v) is 24.4. The molecular weight excluding hydrogens is 484 g/mol. The molecule has 2 rings (SSSR count). The minimum atomic E-state index is -2.74. The van der Waals surface area contributed by atoms with Crippen molar-refractivity contribution in [1.82, 2.24) is 25.8 Å². The second kappa shape index (κ2) is 15.7. The van der Waals surface area contributed by atoms with Crippen LogP contribution < -0.4 is 20.7 Å². The highest BCUT2D eigenvalue weighted by Crippen LogP contribution is 2.26. The van der Waals surface area contributed by atoms with Gasteiger partial charge in [-0.1, -0.05) is 33.3 Å². The maximum atomic E-state index is 13.1. The summed E-state index contributed by atoms with van der Waals surface area (Å²) in [6, 6.07) is 2.20. The first-order valence-corrected chi connectivity index (χ1v) is 14.0. The van der Waals surface area contributed by atoms with Crippen molar-refractivity contribution in [2.75, 3.05) is 27.2 Å². The van der Waals surface area contributed by atoms with Gasteiger partial charge in [-0.2, -0.15) is 0 Å². The highest BCUT2D eigenvalue weighted by molar-refractivity contribution is 5.36. The Balaban J connectivity index is 2.14. The number of ether oxygens (including phenoxy) is 1. The van der Waals surface area contributed by atoms with E-state index in [1.807, 2.05) is 20.0 Å². The van der Waals surface area contributed by atoms with E-state index in [4.69, 9.17) is 4.74 Å². The lowest BCUT2D eigenvalue weighted by atomic mass is 9.92. The number of allylic oxidation sites excluding steroid dienone is 1. The van der Waals surface area contributed by atoms with Crippen molar-refractivity contribution in [2.45, 2.75) is 91.3 Å². The standard InChI is InChI=1S/C30H49F2N5O/c1-8-9-12-27(35-15-10-11-22(2)3)28-25(26(33-6)13-16-37(28)7)21-34-19-24-18-23(4)29(36-20-24)38-17-14-30(5,31)32/h12-13,16,18,20-22,26,28,33-35H,8-11,14-15,17,19H2,1-7H3/b25-21+,27-12-. The summed E-state index contributed by atoms with van der Waals surface area (Å²) in [4.78, 5) is 6.62. The lowest BCUT2D eigenvalue weighted by Crippen LogP contribution is -2.46. The number of aryl methyl sites for hydroxylation is 1. The highest BCUT2D eigenvalue weighted by Gasteiger charge is 2.29. The SMILES string of the molecule is CCC/C=C(\NCCCC(C)C)C1/C(=C/NCc2cnc(OCCC(C)(F)F)c(C)c2)C(NC)C=CN1C. The quantitative estimate of drug-likeness (QED) is 0.230. The van der Waals surface area contributed by atoms with Crippen LogP contribution in [0.2, 0.25) is 0 Å². The molecule has 1 aromatic heterocycles. The molecule has 0 spiro atoms. The maximum Gasteiger partial charge on any atom is 0.248 e. The summed E-state index contributed by atoms with van der Waals surface area (Å²) in [6.07, 6.45) is 14.7. The van der Waals surface area contributed by atoms with Crippen LogP contribution in [0.15, 0.2) is 48.1 Å². The topological polar surface area (TPSA) is 61.5 Å². The molecule has 0 amide bonds. The fraction of sp³-hybridized carbons (Fsp3) is 0.633. The van der Waals surface area contributed by atoms with Crippen LogP contribution in [0, 0.1) is 12.8 Å². The van der Waals surface area contributed by atoms with E-state index < -0.39 is 5.92 Å². The Labute approximate surface area is 229 Å². The van der Waals surface area contributed by atoms with Gasteiger partial charge in [0, 0.05) is 50.2 Å². The smallest absolute Gasteiger partial charge is 0.248 e. The summed E-state index contributed by atoms with van der Waals surface area (Å²) in [5.74, 6) is -1.64. The van der Waals surface area contributed by atoms with Crippen LogP contribution >= 0.6 is 0 Å². The number of unbranched alkanes of at least 4 members (excludes halogenated alkanes) is 1. The summed E-state index contributed by atoms with van der Waals surface area (Å²) in [6.45, 7) is 11.0. The number of likely N-dealkylation sites (N-methyl/N-ethyl adjacent to an activating group) is 2. The third kappa shape index (κ3) is 10.6. The van der Waals surface area contributed by atoms with E-state index in [1.165, 1.54) is 17.7 Å². The van der Waals surface area contributed by atoms with E-state index in [0.29, 0.717) is 18.3 Å². The number of alkyl halides is 2. The van der Waals surface area contributed by atoms with Crippen molar-refractivity contribution in [3.63, 3.8) is 0 Å². The minimum absolute atomic E-state index is 0.0613. The van der Waals surface area contributed by atoms with Gasteiger partial charge in [0.15, 0.2) is 0 Å². The van der Waals surface area contributed by atoms with E-state index in [1.54, 1.807) is 6.20 Å². The molecule has 0 saturated heterocycles. The number of pyridine rings is 1. The van der Waals surface area contributed by atoms with Crippen molar-refractivity contribution < 1.29 is 13.5 Å². The second-order valence-electron chi connectivity index (χ2n) is 10.7. The normalized spacial score (nSPS) is 19.4. The van der Waals surface area contributed by atoms with Gasteiger partial charge in [-0.05, 0) is 75.6 Å². The van der Waals surface area contributed by atoms with E-state index in [9.17, 15) is 8.78 Å². The average Bonchev–Trinajstić information content (AvgIpc) is 2.85. The Hall–Kier alpha value is -2.61. The summed E-state index contributed by atoms with van der Waals surface area (Å²) in [5, 5.41) is 10.7. The Morgan fingerprint density at radius 3 is 2.71 bits per heavy atom. The maximum absolute atomic E-state index is 13.1. The van der Waals surface area contributed by atoms with Gasteiger partial charge in [0.1, 0.15) is 0 Å². The van der Waals surface area contributed by atoms with Crippen LogP contribution in [0.3, 0.4) is 0 Å². The van der Waals surface area contributed by atoms with Crippen LogP contribution in [0.25, 0.3) is 0 Å². The number of nitrogens with one attached hydrogen (secondary N) is 3. The first-order chi connectivity index (χ1) is 18.1. The van der Waals surface area contributed by atoms with Crippen molar-refractivity contribution in [3.05, 3.63) is 59.2 Å². The molecule has 1 aromatic rings. The first-order valence-electron chi connectivity index (χ1n) is 14.0. The van der Waals surface area contributed by atoms with E-state index in [-0.39, 0.29) is 25.1 Å². The third-order valence-electron chi connectivity index (χ3n) is 6.58. The third-order valence-corrected chi connectivity index (χ3v) is 6.58. The van der Waals surface area contributed by atoms with Gasteiger partial charge in [0.25, 0.3) is 0 Å². The van der Waals surface area contributed by atoms with Gasteiger partial charge in [-0.15, -0.1) is 0 Å². The van der Waals surface area contributed by atoms with Gasteiger partial charge in [-0.25, -0.2) is 13.8 Å². The zero-order valence-electron chi connectivity index (χ0n) is 24.4. The molecule has 0 radical (unpaired) electrons. The Morgan fingerprint density at radius 1 is 1.32 bits per heavy atom. The molecule has 1 aliphatic rings. The second-order valence-corrected chi connectivity index (χ2v) is 10.7. The molecule has 8 heteroatoms. The Morgan fingerprint density at radius 2 is 2.08 bits per heavy atom. The molecule has 0 aliphatic carbocycles. The molecule has 2 heterocycles. The fourth-order valence-electron chi connectivity index (χ4n) is 4.46. The predicted octanol–water partition coefficient (Wildman–Crippen LogP) is 5.91. The highest BCUT2D eigenvalue weighted by atomic mass is 19.3. The lowest BCUT2D eigenvalue weighted by molar-refractivity contribution is 0.000345. The van der Waals surface area contributed by atoms with Crippen LogP contribution in [0.4, 0.5) is 8.78 Å². The Bertz CT molecular complexity index is 939. The molecule has 1 aliphatic heterocycles. The molecule has 6 nitrogen and oxygen atoms in total. The zero-order chi connectivity index (χ0) is 28.1. The molecule has 2 unspecified atom stereocenters. The molecule has 0 saturated carbocycles. The molecule has 0 bridgehead atoms. The average molecular weight is 534 g/mol. The molecule has 0 aromatic carbocycles. The van der Waals surface area contributed by atoms with E-state index in [0.717, 1.165) is 43.9 Å². The molecule has 0 fully saturated rings. The van der Waals surface area contributed by atoms with Crippen LogP contribution in [0.5, 0.6) is 5.88 Å². The number of halogens is 2. The molecule has 214 valence electrons. The van der Waals surface area contributed by atoms with Gasteiger partial charge >= 0.3 is 0 Å². The number of nitrogens with zero attached hydrogens (tertiary/aromatic N) is 2. The van der Waals surface area contributed by atoms with E-state index >= 15 is 0 Å². The van der Waals surface area contributed by atoms with Crippen LogP contribution in [-0.2, 0) is 6.54 Å². The Kier molecular flexibility index (Phi) is 13.1. The molecular formula is C30H49F2N5O. The monoisotopic (exact) mass is 533 g/mol. The molecule has 38 heavy (non-hydrogen) atoms. The molecule has 3 N–H and O–H groups in total.